The van der Waals surface area contributed by atoms with E-state index in [2.05, 4.69) is 23.1 Å². The molecular formula is C19H17ClN2OS. The van der Waals surface area contributed by atoms with Crippen molar-refractivity contribution < 1.29 is 4.79 Å². The molecule has 3 aromatic rings. The minimum absolute atomic E-state index is 0.276. The smallest absolute Gasteiger partial charge is 0.235 e. The van der Waals surface area contributed by atoms with Crippen LogP contribution in [0.15, 0.2) is 48.5 Å². The van der Waals surface area contributed by atoms with Crippen LogP contribution in [0.2, 0.25) is 5.02 Å². The minimum Gasteiger partial charge on any atom is -0.368 e. The van der Waals surface area contributed by atoms with Crippen molar-refractivity contribution in [2.24, 2.45) is 5.73 Å². The summed E-state index contributed by atoms with van der Waals surface area (Å²) in [5.74, 6) is -0.276. The van der Waals surface area contributed by atoms with Crippen LogP contribution in [0, 0.1) is 0 Å². The normalized spacial score (nSPS) is 17.8. The number of nitrogens with zero attached hydrogens (tertiary/aromatic N) is 1. The fourth-order valence-corrected chi connectivity index (χ4v) is 4.89. The van der Waals surface area contributed by atoms with Crippen molar-refractivity contribution in [1.29, 1.82) is 0 Å². The topological polar surface area (TPSA) is 46.3 Å². The van der Waals surface area contributed by atoms with Crippen LogP contribution in [0.1, 0.15) is 16.0 Å². The number of benzene rings is 2. The molecule has 2 heterocycles. The maximum Gasteiger partial charge on any atom is 0.235 e. The van der Waals surface area contributed by atoms with Gasteiger partial charge in [-0.25, -0.2) is 0 Å². The van der Waals surface area contributed by atoms with E-state index in [0.29, 0.717) is 19.5 Å². The molecule has 0 spiro atoms. The third kappa shape index (κ3) is 2.71. The Kier molecular flexibility index (Phi) is 4.04. The van der Waals surface area contributed by atoms with Crippen LogP contribution in [0.5, 0.6) is 0 Å². The van der Waals surface area contributed by atoms with Crippen molar-refractivity contribution in [3.8, 4) is 0 Å². The summed E-state index contributed by atoms with van der Waals surface area (Å²) < 4.78 is 1.17. The molecule has 1 aliphatic rings. The van der Waals surface area contributed by atoms with Crippen LogP contribution in [0.4, 0.5) is 0 Å². The molecule has 0 saturated carbocycles. The van der Waals surface area contributed by atoms with Gasteiger partial charge in [-0.15, -0.1) is 11.3 Å². The van der Waals surface area contributed by atoms with Gasteiger partial charge in [-0.1, -0.05) is 54.1 Å². The fourth-order valence-electron chi connectivity index (χ4n) is 3.37. The van der Waals surface area contributed by atoms with E-state index in [9.17, 15) is 4.79 Å². The Morgan fingerprint density at radius 1 is 1.17 bits per heavy atom. The second-order valence-electron chi connectivity index (χ2n) is 6.13. The summed E-state index contributed by atoms with van der Waals surface area (Å²) in [6.45, 7) is 1.36. The zero-order valence-electron chi connectivity index (χ0n) is 13.0. The van der Waals surface area contributed by atoms with Crippen LogP contribution in [-0.4, -0.2) is 16.8 Å². The number of hydrogen-bond donors (Lipinski definition) is 1. The van der Waals surface area contributed by atoms with E-state index >= 15 is 0 Å². The summed E-state index contributed by atoms with van der Waals surface area (Å²) in [4.78, 5) is 15.2. The van der Waals surface area contributed by atoms with Crippen molar-refractivity contribution in [3.05, 3.63) is 69.6 Å². The SMILES string of the molecule is NC(=O)[C@@H]1Cc2ccccc2CN1Cc1sc2ccccc2c1Cl. The summed E-state index contributed by atoms with van der Waals surface area (Å²) >= 11 is 8.26. The van der Waals surface area contributed by atoms with Gasteiger partial charge in [0.05, 0.1) is 11.1 Å². The number of nitrogens with two attached hydrogens (primary N) is 1. The first-order valence-corrected chi connectivity index (χ1v) is 9.09. The lowest BCUT2D eigenvalue weighted by Gasteiger charge is -2.34. The maximum atomic E-state index is 12.0. The highest BCUT2D eigenvalue weighted by molar-refractivity contribution is 7.19. The molecule has 4 rings (SSSR count). The Balaban J connectivity index is 1.69. The van der Waals surface area contributed by atoms with Gasteiger partial charge in [0.2, 0.25) is 5.91 Å². The van der Waals surface area contributed by atoms with Crippen molar-refractivity contribution in [3.63, 3.8) is 0 Å². The van der Waals surface area contributed by atoms with Crippen LogP contribution >= 0.6 is 22.9 Å². The number of amides is 1. The number of carbonyl (C=O) groups is 1. The molecule has 0 fully saturated rings. The first-order chi connectivity index (χ1) is 11.6. The van der Waals surface area contributed by atoms with E-state index < -0.39 is 0 Å². The molecule has 2 aromatic carbocycles. The third-order valence-corrected chi connectivity index (χ3v) is 6.32. The number of rotatable bonds is 3. The number of fused-ring (bicyclic) bond motifs is 2. The highest BCUT2D eigenvalue weighted by atomic mass is 35.5. The van der Waals surface area contributed by atoms with E-state index in [0.717, 1.165) is 15.3 Å². The summed E-state index contributed by atoms with van der Waals surface area (Å²) in [5, 5.41) is 1.87. The van der Waals surface area contributed by atoms with Gasteiger partial charge in [0.25, 0.3) is 0 Å². The molecule has 0 radical (unpaired) electrons. The quantitative estimate of drug-likeness (QED) is 0.771. The lowest BCUT2D eigenvalue weighted by molar-refractivity contribution is -0.124. The Morgan fingerprint density at radius 3 is 2.62 bits per heavy atom. The van der Waals surface area contributed by atoms with Gasteiger partial charge in [0.15, 0.2) is 0 Å². The van der Waals surface area contributed by atoms with Crippen molar-refractivity contribution in [2.45, 2.75) is 25.6 Å². The summed E-state index contributed by atoms with van der Waals surface area (Å²) in [6, 6.07) is 16.1. The first kappa shape index (κ1) is 15.6. The molecule has 24 heavy (non-hydrogen) atoms. The second-order valence-corrected chi connectivity index (χ2v) is 7.65. The Labute approximate surface area is 149 Å². The monoisotopic (exact) mass is 356 g/mol. The molecule has 1 amide bonds. The molecule has 0 unspecified atom stereocenters. The summed E-state index contributed by atoms with van der Waals surface area (Å²) in [6.07, 6.45) is 0.661. The van der Waals surface area contributed by atoms with E-state index in [-0.39, 0.29) is 11.9 Å². The van der Waals surface area contributed by atoms with Gasteiger partial charge in [0.1, 0.15) is 0 Å². The Morgan fingerprint density at radius 2 is 1.88 bits per heavy atom. The standard InChI is InChI=1S/C19H17ClN2OS/c20-18-14-7-3-4-8-16(14)24-17(18)11-22-10-13-6-2-1-5-12(13)9-15(22)19(21)23/h1-8,15H,9-11H2,(H2,21,23)/t15-/m0/s1. The van der Waals surface area contributed by atoms with E-state index in [1.165, 1.54) is 15.8 Å². The summed E-state index contributed by atoms with van der Waals surface area (Å²) in [5.41, 5.74) is 8.14. The maximum absolute atomic E-state index is 12.0. The fraction of sp³-hybridized carbons (Fsp3) is 0.211. The largest absolute Gasteiger partial charge is 0.368 e. The molecule has 3 nitrogen and oxygen atoms in total. The highest BCUT2D eigenvalue weighted by Crippen LogP contribution is 2.37. The minimum atomic E-state index is -0.291. The number of carbonyl (C=O) groups excluding carboxylic acids is 1. The number of thiophene rings is 1. The zero-order chi connectivity index (χ0) is 16.7. The molecule has 1 atom stereocenters. The van der Waals surface area contributed by atoms with E-state index in [1.54, 1.807) is 11.3 Å². The molecule has 0 aliphatic carbocycles. The predicted octanol–water partition coefficient (Wildman–Crippen LogP) is 3.97. The lowest BCUT2D eigenvalue weighted by atomic mass is 9.93. The predicted molar refractivity (Wildman–Crippen MR) is 99.2 cm³/mol. The van der Waals surface area contributed by atoms with Gasteiger partial charge < -0.3 is 5.73 Å². The van der Waals surface area contributed by atoms with Crippen LogP contribution in [0.25, 0.3) is 10.1 Å². The number of halogens is 1. The lowest BCUT2D eigenvalue weighted by Crippen LogP contribution is -2.47. The van der Waals surface area contributed by atoms with Gasteiger partial charge in [-0.3, -0.25) is 9.69 Å². The van der Waals surface area contributed by atoms with Gasteiger partial charge >= 0.3 is 0 Å². The average Bonchev–Trinajstić information content (AvgIpc) is 2.90. The second kappa shape index (κ2) is 6.20. The molecule has 2 N–H and O–H groups in total. The van der Waals surface area contributed by atoms with Crippen molar-refractivity contribution in [1.82, 2.24) is 4.90 Å². The molecule has 5 heteroatoms. The molecule has 1 aromatic heterocycles. The van der Waals surface area contributed by atoms with Crippen molar-refractivity contribution >= 4 is 38.9 Å². The molecule has 0 saturated heterocycles. The van der Waals surface area contributed by atoms with Gasteiger partial charge in [0, 0.05) is 28.1 Å². The van der Waals surface area contributed by atoms with E-state index in [4.69, 9.17) is 17.3 Å². The van der Waals surface area contributed by atoms with Gasteiger partial charge in [-0.2, -0.15) is 0 Å². The average molecular weight is 357 g/mol. The Hall–Kier alpha value is -1.88. The van der Waals surface area contributed by atoms with E-state index in [1.807, 2.05) is 30.3 Å². The molecule has 0 bridgehead atoms. The summed E-state index contributed by atoms with van der Waals surface area (Å²) in [7, 11) is 0. The third-order valence-electron chi connectivity index (χ3n) is 4.62. The molecule has 1 aliphatic heterocycles. The molecular weight excluding hydrogens is 340 g/mol. The highest BCUT2D eigenvalue weighted by Gasteiger charge is 2.30. The zero-order valence-corrected chi connectivity index (χ0v) is 14.6. The van der Waals surface area contributed by atoms with Gasteiger partial charge in [-0.05, 0) is 23.6 Å². The van der Waals surface area contributed by atoms with Crippen LogP contribution in [0.3, 0.4) is 0 Å². The first-order valence-electron chi connectivity index (χ1n) is 7.89. The Bertz CT molecular complexity index is 921. The number of hydrogen-bond acceptors (Lipinski definition) is 3. The van der Waals surface area contributed by atoms with Crippen LogP contribution in [-0.2, 0) is 24.3 Å². The molecule has 122 valence electrons. The van der Waals surface area contributed by atoms with Crippen molar-refractivity contribution in [2.75, 3.05) is 0 Å². The van der Waals surface area contributed by atoms with Crippen LogP contribution < -0.4 is 5.73 Å². The number of primary amides is 1.